The Bertz CT molecular complexity index is 379. The molecule has 0 aliphatic rings. The zero-order valence-electron chi connectivity index (χ0n) is 8.08. The molecule has 2 N–H and O–H groups in total. The van der Waals surface area contributed by atoms with E-state index in [1.54, 1.807) is 0 Å². The molecule has 0 saturated carbocycles. The molecule has 2 unspecified atom stereocenters. The van der Waals surface area contributed by atoms with Crippen LogP contribution in [-0.2, 0) is 20.2 Å². The molecule has 0 aliphatic carbocycles. The number of hydrogen-bond donors (Lipinski definition) is 2. The van der Waals surface area contributed by atoms with Crippen LogP contribution in [0.5, 0.6) is 0 Å². The van der Waals surface area contributed by atoms with E-state index < -0.39 is 36.7 Å². The summed E-state index contributed by atoms with van der Waals surface area (Å²) in [4.78, 5) is 0. The minimum absolute atomic E-state index is 0.609. The van der Waals surface area contributed by atoms with Crippen LogP contribution in [0.25, 0.3) is 0 Å². The molecule has 0 spiro atoms. The maximum atomic E-state index is 10.8. The maximum Gasteiger partial charge on any atom is 0.269 e. The predicted molar refractivity (Wildman–Crippen MR) is 51.2 cm³/mol. The molecule has 6 nitrogen and oxygen atoms in total. The summed E-state index contributed by atoms with van der Waals surface area (Å²) in [5.74, 6) is -0.609. The molecule has 8 heteroatoms. The van der Waals surface area contributed by atoms with Crippen LogP contribution in [0.4, 0.5) is 0 Å². The van der Waals surface area contributed by atoms with Gasteiger partial charge in [-0.1, -0.05) is 13.8 Å². The molecule has 0 bridgehead atoms. The van der Waals surface area contributed by atoms with Gasteiger partial charge in [-0.3, -0.25) is 9.11 Å². The van der Waals surface area contributed by atoms with Crippen molar-refractivity contribution in [2.45, 2.75) is 31.3 Å². The second-order valence-corrected chi connectivity index (χ2v) is 6.79. The Balaban J connectivity index is 5.28. The first kappa shape index (κ1) is 13.8. The van der Waals surface area contributed by atoms with E-state index in [9.17, 15) is 16.8 Å². The normalized spacial score (nSPS) is 18.1. The van der Waals surface area contributed by atoms with Crippen molar-refractivity contribution in [1.29, 1.82) is 0 Å². The average molecular weight is 246 g/mol. The summed E-state index contributed by atoms with van der Waals surface area (Å²) in [5.41, 5.74) is 0. The van der Waals surface area contributed by atoms with Gasteiger partial charge in [0, 0.05) is 0 Å². The van der Waals surface area contributed by atoms with E-state index in [-0.39, 0.29) is 0 Å². The van der Waals surface area contributed by atoms with Gasteiger partial charge in [0.15, 0.2) is 0 Å². The van der Waals surface area contributed by atoms with Gasteiger partial charge < -0.3 is 0 Å². The fourth-order valence-electron chi connectivity index (χ4n) is 1.30. The first-order chi connectivity index (χ1) is 5.98. The van der Waals surface area contributed by atoms with Gasteiger partial charge >= 0.3 is 0 Å². The summed E-state index contributed by atoms with van der Waals surface area (Å²) < 4.78 is 60.5. The van der Waals surface area contributed by atoms with E-state index in [0.717, 1.165) is 6.92 Å². The van der Waals surface area contributed by atoms with Crippen LogP contribution in [0.15, 0.2) is 0 Å². The SMILES string of the molecule is CC(C)C(C(C)S(=O)(=O)O)S(=O)(=O)O. The summed E-state index contributed by atoms with van der Waals surface area (Å²) in [6, 6.07) is 0. The van der Waals surface area contributed by atoms with E-state index in [0.29, 0.717) is 0 Å². The molecular weight excluding hydrogens is 232 g/mol. The quantitative estimate of drug-likeness (QED) is 0.685. The highest BCUT2D eigenvalue weighted by Crippen LogP contribution is 2.19. The molecule has 0 aromatic rings. The Labute approximate surface area is 83.8 Å². The molecule has 0 heterocycles. The van der Waals surface area contributed by atoms with Gasteiger partial charge in [-0.15, -0.1) is 0 Å². The van der Waals surface area contributed by atoms with E-state index in [2.05, 4.69) is 0 Å². The van der Waals surface area contributed by atoms with Gasteiger partial charge in [0.1, 0.15) is 10.5 Å². The fraction of sp³-hybridized carbons (Fsp3) is 1.00. The van der Waals surface area contributed by atoms with Crippen molar-refractivity contribution >= 4 is 20.2 Å². The Morgan fingerprint density at radius 1 is 0.857 bits per heavy atom. The van der Waals surface area contributed by atoms with Crippen molar-refractivity contribution in [3.8, 4) is 0 Å². The molecule has 0 aliphatic heterocycles. The topological polar surface area (TPSA) is 109 Å². The van der Waals surface area contributed by atoms with Gasteiger partial charge in [-0.05, 0) is 12.8 Å². The Kier molecular flexibility index (Phi) is 4.08. The highest BCUT2D eigenvalue weighted by Gasteiger charge is 2.38. The number of hydrogen-bond acceptors (Lipinski definition) is 4. The highest BCUT2D eigenvalue weighted by molar-refractivity contribution is 7.90. The van der Waals surface area contributed by atoms with Crippen molar-refractivity contribution < 1.29 is 25.9 Å². The van der Waals surface area contributed by atoms with Crippen LogP contribution >= 0.6 is 0 Å². The molecule has 0 saturated heterocycles. The van der Waals surface area contributed by atoms with E-state index in [1.165, 1.54) is 13.8 Å². The lowest BCUT2D eigenvalue weighted by molar-refractivity contribution is 0.416. The molecule has 2 atom stereocenters. The van der Waals surface area contributed by atoms with E-state index >= 15 is 0 Å². The Morgan fingerprint density at radius 3 is 1.29 bits per heavy atom. The summed E-state index contributed by atoms with van der Waals surface area (Å²) in [5, 5.41) is -3.06. The standard InChI is InChI=1S/C6H14O6S2/c1-4(2)6(14(10,11)12)5(3)13(7,8)9/h4-6H,1-3H3,(H,7,8,9)(H,10,11,12). The monoisotopic (exact) mass is 246 g/mol. The van der Waals surface area contributed by atoms with Crippen molar-refractivity contribution in [2.24, 2.45) is 5.92 Å². The van der Waals surface area contributed by atoms with Crippen molar-refractivity contribution in [2.75, 3.05) is 0 Å². The minimum Gasteiger partial charge on any atom is -0.285 e. The maximum absolute atomic E-state index is 10.8. The van der Waals surface area contributed by atoms with Gasteiger partial charge in [0.25, 0.3) is 20.2 Å². The third-order valence-electron chi connectivity index (χ3n) is 1.93. The van der Waals surface area contributed by atoms with Crippen molar-refractivity contribution in [1.82, 2.24) is 0 Å². The minimum atomic E-state index is -4.49. The van der Waals surface area contributed by atoms with Crippen molar-refractivity contribution in [3.05, 3.63) is 0 Å². The highest BCUT2D eigenvalue weighted by atomic mass is 32.2. The molecule has 0 fully saturated rings. The molecule has 0 aromatic heterocycles. The van der Waals surface area contributed by atoms with Crippen LogP contribution in [0.2, 0.25) is 0 Å². The lowest BCUT2D eigenvalue weighted by Crippen LogP contribution is -2.40. The summed E-state index contributed by atoms with van der Waals surface area (Å²) >= 11 is 0. The van der Waals surface area contributed by atoms with Crippen LogP contribution in [0, 0.1) is 5.92 Å². The zero-order chi connectivity index (χ0) is 11.7. The lowest BCUT2D eigenvalue weighted by Gasteiger charge is -2.21. The van der Waals surface area contributed by atoms with Crippen molar-refractivity contribution in [3.63, 3.8) is 0 Å². The third kappa shape index (κ3) is 3.52. The van der Waals surface area contributed by atoms with E-state index in [4.69, 9.17) is 9.11 Å². The van der Waals surface area contributed by atoms with Gasteiger partial charge in [0.2, 0.25) is 0 Å². The zero-order valence-corrected chi connectivity index (χ0v) is 9.71. The van der Waals surface area contributed by atoms with Crippen LogP contribution in [0.3, 0.4) is 0 Å². The van der Waals surface area contributed by atoms with Crippen LogP contribution in [-0.4, -0.2) is 36.4 Å². The summed E-state index contributed by atoms with van der Waals surface area (Å²) in [7, 11) is -8.96. The Morgan fingerprint density at radius 2 is 1.21 bits per heavy atom. The second kappa shape index (κ2) is 4.13. The van der Waals surface area contributed by atoms with Crippen LogP contribution < -0.4 is 0 Å². The summed E-state index contributed by atoms with van der Waals surface area (Å²) in [6.07, 6.45) is 0. The molecular formula is C6H14O6S2. The summed E-state index contributed by atoms with van der Waals surface area (Å²) in [6.45, 7) is 3.92. The average Bonchev–Trinajstić information content (AvgIpc) is 1.79. The first-order valence-electron chi connectivity index (χ1n) is 3.90. The molecule has 0 amide bonds. The van der Waals surface area contributed by atoms with Crippen LogP contribution in [0.1, 0.15) is 20.8 Å². The van der Waals surface area contributed by atoms with Gasteiger partial charge in [0.05, 0.1) is 0 Å². The number of rotatable bonds is 4. The lowest BCUT2D eigenvalue weighted by atomic mass is 10.1. The van der Waals surface area contributed by atoms with Gasteiger partial charge in [-0.25, -0.2) is 0 Å². The first-order valence-corrected chi connectivity index (χ1v) is 6.91. The molecule has 86 valence electrons. The molecule has 0 aromatic carbocycles. The molecule has 14 heavy (non-hydrogen) atoms. The smallest absolute Gasteiger partial charge is 0.269 e. The van der Waals surface area contributed by atoms with E-state index in [1.807, 2.05) is 0 Å². The molecule has 0 rings (SSSR count). The predicted octanol–water partition coefficient (Wildman–Crippen LogP) is 0.175. The second-order valence-electron chi connectivity index (χ2n) is 3.44. The molecule has 0 radical (unpaired) electrons. The Hall–Kier alpha value is -0.180. The third-order valence-corrected chi connectivity index (χ3v) is 4.98. The fourth-order valence-corrected chi connectivity index (χ4v) is 3.97. The van der Waals surface area contributed by atoms with Gasteiger partial charge in [-0.2, -0.15) is 16.8 Å². The largest absolute Gasteiger partial charge is 0.285 e.